The van der Waals surface area contributed by atoms with Crippen LogP contribution in [-0.4, -0.2) is 46.6 Å². The number of aromatic nitrogens is 1. The summed E-state index contributed by atoms with van der Waals surface area (Å²) in [6, 6.07) is 22.3. The molecule has 0 fully saturated rings. The Hall–Kier alpha value is -2.26. The van der Waals surface area contributed by atoms with Crippen LogP contribution in [0.2, 0.25) is 0 Å². The van der Waals surface area contributed by atoms with Crippen molar-refractivity contribution in [3.05, 3.63) is 72.3 Å². The molecule has 4 rings (SSSR count). The van der Waals surface area contributed by atoms with E-state index in [1.165, 1.54) is 15.1 Å². The van der Waals surface area contributed by atoms with Gasteiger partial charge in [-0.05, 0) is 0 Å². The van der Waals surface area contributed by atoms with Crippen LogP contribution in [-0.2, 0) is 0 Å². The average Bonchev–Trinajstić information content (AvgIpc) is 3.05. The number of nitrogens with one attached hydrogen (secondary N) is 2. The zero-order valence-corrected chi connectivity index (χ0v) is 17.4. The van der Waals surface area contributed by atoms with Crippen molar-refractivity contribution in [2.75, 3.05) is 19.7 Å². The van der Waals surface area contributed by atoms with Crippen molar-refractivity contribution < 1.29 is 9.84 Å². The van der Waals surface area contributed by atoms with E-state index in [2.05, 4.69) is 40.6 Å². The van der Waals surface area contributed by atoms with Gasteiger partial charge in [-0.3, -0.25) is 0 Å². The molecule has 0 radical (unpaired) electrons. The third-order valence-corrected chi connectivity index (χ3v) is 5.64. The van der Waals surface area contributed by atoms with Crippen LogP contribution < -0.4 is 14.4 Å². The van der Waals surface area contributed by atoms with Crippen LogP contribution in [0.4, 0.5) is 0 Å². The van der Waals surface area contributed by atoms with Crippen molar-refractivity contribution in [1.29, 1.82) is 0 Å². The third-order valence-electron chi connectivity index (χ3n) is 4.69. The fraction of sp³-hybridized carbons (Fsp3) is 0.182. The van der Waals surface area contributed by atoms with Crippen molar-refractivity contribution in [3.63, 3.8) is 0 Å². The number of rotatable bonds is 7. The molecular weight excluding hydrogens is 399 g/mol. The van der Waals surface area contributed by atoms with Crippen LogP contribution >= 0.6 is 0 Å². The van der Waals surface area contributed by atoms with Crippen molar-refractivity contribution in [2.45, 2.75) is 6.10 Å². The molecule has 0 aliphatic heterocycles. The molecule has 0 saturated carbocycles. The standard InChI is InChI=1S/C22H23AsN2O2/c23-18-12-17-16-8-4-5-9-19(16)25-20(17)13-22(18)27-11-10-24-14-21(26)15-6-2-1-3-7-15/h1-9,12-13,21,24-26H,10-11,14,23H2. The summed E-state index contributed by atoms with van der Waals surface area (Å²) in [5.41, 5.74) is 3.17. The summed E-state index contributed by atoms with van der Waals surface area (Å²) in [5, 5.41) is 15.9. The van der Waals surface area contributed by atoms with Crippen molar-refractivity contribution in [2.24, 2.45) is 0 Å². The Labute approximate surface area is 167 Å². The molecule has 0 aliphatic rings. The number of aliphatic hydroxyl groups excluding tert-OH is 1. The Morgan fingerprint density at radius 1 is 0.963 bits per heavy atom. The second kappa shape index (κ2) is 8.18. The van der Waals surface area contributed by atoms with Gasteiger partial charge in [0.1, 0.15) is 0 Å². The Morgan fingerprint density at radius 3 is 2.59 bits per heavy atom. The fourth-order valence-corrected chi connectivity index (χ4v) is 3.98. The first-order valence-electron chi connectivity index (χ1n) is 9.09. The molecule has 2 unspecified atom stereocenters. The Bertz CT molecular complexity index is 1050. The van der Waals surface area contributed by atoms with Crippen LogP contribution in [0.1, 0.15) is 11.7 Å². The van der Waals surface area contributed by atoms with E-state index in [1.807, 2.05) is 36.4 Å². The Morgan fingerprint density at radius 2 is 1.74 bits per heavy atom. The maximum absolute atomic E-state index is 10.2. The van der Waals surface area contributed by atoms with Gasteiger partial charge in [0.2, 0.25) is 0 Å². The molecular formula is C22H23AsN2O2. The van der Waals surface area contributed by atoms with Gasteiger partial charge >= 0.3 is 167 Å². The number of H-pyrrole nitrogens is 1. The van der Waals surface area contributed by atoms with Crippen LogP contribution in [0.5, 0.6) is 5.75 Å². The number of ether oxygens (including phenoxy) is 1. The second-order valence-corrected chi connectivity index (χ2v) is 7.89. The van der Waals surface area contributed by atoms with Gasteiger partial charge in [-0.25, -0.2) is 0 Å². The number of benzene rings is 3. The summed E-state index contributed by atoms with van der Waals surface area (Å²) in [5.74, 6) is 0.916. The maximum atomic E-state index is 10.2. The van der Waals surface area contributed by atoms with E-state index in [-0.39, 0.29) is 0 Å². The van der Waals surface area contributed by atoms with Crippen molar-refractivity contribution >= 4 is 43.0 Å². The zero-order valence-electron chi connectivity index (χ0n) is 15.0. The van der Waals surface area contributed by atoms with Gasteiger partial charge in [0.25, 0.3) is 0 Å². The molecule has 3 N–H and O–H groups in total. The Balaban J connectivity index is 1.35. The molecule has 2 atom stereocenters. The monoisotopic (exact) mass is 422 g/mol. The number of hydrogen-bond acceptors (Lipinski definition) is 3. The summed E-state index contributed by atoms with van der Waals surface area (Å²) < 4.78 is 7.16. The van der Waals surface area contributed by atoms with Gasteiger partial charge < -0.3 is 0 Å². The number of hydrogen-bond donors (Lipinski definition) is 3. The van der Waals surface area contributed by atoms with Gasteiger partial charge in [0.05, 0.1) is 0 Å². The normalized spacial score (nSPS) is 12.5. The molecule has 138 valence electrons. The first kappa shape index (κ1) is 18.1. The molecule has 3 aromatic carbocycles. The minimum atomic E-state index is -0.501. The van der Waals surface area contributed by atoms with Gasteiger partial charge in [-0.1, -0.05) is 0 Å². The van der Waals surface area contributed by atoms with E-state index in [0.717, 1.165) is 22.3 Å². The molecule has 4 nitrogen and oxygen atoms in total. The van der Waals surface area contributed by atoms with E-state index in [1.54, 1.807) is 16.9 Å². The topological polar surface area (TPSA) is 57.3 Å². The summed E-state index contributed by atoms with van der Waals surface area (Å²) in [6.07, 6.45) is -0.501. The van der Waals surface area contributed by atoms with Crippen LogP contribution in [0.3, 0.4) is 0 Å². The van der Waals surface area contributed by atoms with E-state index in [9.17, 15) is 5.11 Å². The quantitative estimate of drug-likeness (QED) is 0.317. The van der Waals surface area contributed by atoms with E-state index in [4.69, 9.17) is 4.74 Å². The van der Waals surface area contributed by atoms with Gasteiger partial charge in [0, 0.05) is 0 Å². The number of fused-ring (bicyclic) bond motifs is 3. The predicted molar refractivity (Wildman–Crippen MR) is 114 cm³/mol. The molecule has 1 aromatic heterocycles. The number of para-hydroxylation sites is 1. The molecule has 1 heterocycles. The Kier molecular flexibility index (Phi) is 5.49. The minimum absolute atomic E-state index is 0.501. The number of aromatic amines is 1. The SMILES string of the molecule is OC(CNCCOc1cc2[nH]c3ccccc3c2cc1[AsH2])c1ccccc1. The van der Waals surface area contributed by atoms with Crippen LogP contribution in [0.25, 0.3) is 21.8 Å². The molecule has 0 saturated heterocycles. The molecule has 0 spiro atoms. The first-order valence-corrected chi connectivity index (χ1v) is 10.3. The summed E-state index contributed by atoms with van der Waals surface area (Å²) in [6.45, 7) is 1.75. The summed E-state index contributed by atoms with van der Waals surface area (Å²) >= 11 is 1.56. The number of aliphatic hydroxyl groups is 1. The second-order valence-electron chi connectivity index (χ2n) is 6.59. The molecule has 27 heavy (non-hydrogen) atoms. The van der Waals surface area contributed by atoms with Crippen LogP contribution in [0.15, 0.2) is 66.7 Å². The van der Waals surface area contributed by atoms with Crippen molar-refractivity contribution in [3.8, 4) is 5.75 Å². The summed E-state index contributed by atoms with van der Waals surface area (Å²) in [4.78, 5) is 3.46. The van der Waals surface area contributed by atoms with Gasteiger partial charge in [0.15, 0.2) is 0 Å². The van der Waals surface area contributed by atoms with Gasteiger partial charge in [-0.2, -0.15) is 0 Å². The fourth-order valence-electron chi connectivity index (χ4n) is 3.28. The van der Waals surface area contributed by atoms with Crippen molar-refractivity contribution in [1.82, 2.24) is 10.3 Å². The predicted octanol–water partition coefficient (Wildman–Crippen LogP) is 2.28. The van der Waals surface area contributed by atoms with E-state index >= 15 is 0 Å². The molecule has 0 aliphatic carbocycles. The third kappa shape index (κ3) is 4.03. The van der Waals surface area contributed by atoms with Gasteiger partial charge in [-0.15, -0.1) is 0 Å². The van der Waals surface area contributed by atoms with E-state index < -0.39 is 6.10 Å². The first-order chi connectivity index (χ1) is 13.2. The molecule has 4 aromatic rings. The zero-order chi connectivity index (χ0) is 18.6. The average molecular weight is 422 g/mol. The molecule has 0 amide bonds. The molecule has 0 bridgehead atoms. The van der Waals surface area contributed by atoms with E-state index in [0.29, 0.717) is 19.7 Å². The molecule has 5 heteroatoms. The van der Waals surface area contributed by atoms with Crippen LogP contribution in [0, 0.1) is 0 Å². The summed E-state index contributed by atoms with van der Waals surface area (Å²) in [7, 11) is 0.